The highest BCUT2D eigenvalue weighted by atomic mass is 16.4. The highest BCUT2D eigenvalue weighted by molar-refractivity contribution is 5.71. The van der Waals surface area contributed by atoms with Crippen molar-refractivity contribution < 1.29 is 9.90 Å². The Morgan fingerprint density at radius 3 is 2.67 bits per heavy atom. The molecule has 1 heterocycles. The van der Waals surface area contributed by atoms with Crippen LogP contribution in [0.15, 0.2) is 15.8 Å². The van der Waals surface area contributed by atoms with Crippen LogP contribution in [0.2, 0.25) is 0 Å². The number of carboxylic acids is 1. The Morgan fingerprint density at radius 2 is 2.20 bits per heavy atom. The number of rotatable bonds is 3. The maximum absolute atomic E-state index is 11.3. The van der Waals surface area contributed by atoms with E-state index in [1.807, 2.05) is 0 Å². The molecule has 0 aliphatic heterocycles. The lowest BCUT2D eigenvalue weighted by molar-refractivity contribution is -0.140. The number of aromatic amines is 1. The van der Waals surface area contributed by atoms with Crippen LogP contribution < -0.4 is 11.2 Å². The molecule has 0 saturated carbocycles. The molecular formula is C9H12N2O4. The maximum atomic E-state index is 11.3. The molecule has 0 aliphatic rings. The molecule has 6 nitrogen and oxygen atoms in total. The van der Waals surface area contributed by atoms with E-state index in [1.165, 1.54) is 13.1 Å². The van der Waals surface area contributed by atoms with E-state index >= 15 is 0 Å². The molecule has 2 N–H and O–H groups in total. The molecule has 0 amide bonds. The van der Waals surface area contributed by atoms with Gasteiger partial charge >= 0.3 is 11.7 Å². The van der Waals surface area contributed by atoms with E-state index in [-0.39, 0.29) is 0 Å². The van der Waals surface area contributed by atoms with Gasteiger partial charge in [-0.05, 0) is 13.3 Å². The van der Waals surface area contributed by atoms with Gasteiger partial charge in [-0.2, -0.15) is 0 Å². The van der Waals surface area contributed by atoms with Crippen molar-refractivity contribution in [3.8, 4) is 0 Å². The molecule has 0 saturated heterocycles. The summed E-state index contributed by atoms with van der Waals surface area (Å²) in [6, 6.07) is -0.986. The van der Waals surface area contributed by atoms with Crippen LogP contribution in [0.4, 0.5) is 0 Å². The molecule has 0 aromatic carbocycles. The van der Waals surface area contributed by atoms with Gasteiger partial charge < -0.3 is 5.11 Å². The van der Waals surface area contributed by atoms with E-state index in [2.05, 4.69) is 4.98 Å². The monoisotopic (exact) mass is 212 g/mol. The van der Waals surface area contributed by atoms with Crippen molar-refractivity contribution in [2.24, 2.45) is 0 Å². The topological polar surface area (TPSA) is 92.2 Å². The first-order valence-corrected chi connectivity index (χ1v) is 4.54. The lowest BCUT2D eigenvalue weighted by Gasteiger charge is -2.10. The zero-order chi connectivity index (χ0) is 11.6. The fourth-order valence-electron chi connectivity index (χ4n) is 1.19. The molecule has 6 heteroatoms. The van der Waals surface area contributed by atoms with E-state index in [0.717, 1.165) is 4.57 Å². The Hall–Kier alpha value is -1.85. The summed E-state index contributed by atoms with van der Waals surface area (Å²) in [4.78, 5) is 35.3. The fraction of sp³-hybridized carbons (Fsp3) is 0.444. The number of hydrogen-bond donors (Lipinski definition) is 2. The summed E-state index contributed by atoms with van der Waals surface area (Å²) >= 11 is 0. The van der Waals surface area contributed by atoms with Gasteiger partial charge in [0.15, 0.2) is 0 Å². The minimum atomic E-state index is -1.12. The Bertz CT molecular complexity index is 486. The lowest BCUT2D eigenvalue weighted by Crippen LogP contribution is -2.35. The van der Waals surface area contributed by atoms with Crippen LogP contribution in [0, 0.1) is 0 Å². The van der Waals surface area contributed by atoms with Crippen molar-refractivity contribution in [2.75, 3.05) is 0 Å². The summed E-state index contributed by atoms with van der Waals surface area (Å²) in [5.41, 5.74) is -0.772. The zero-order valence-electron chi connectivity index (χ0n) is 8.48. The second-order valence-electron chi connectivity index (χ2n) is 3.19. The molecule has 0 fully saturated rings. The van der Waals surface area contributed by atoms with Crippen molar-refractivity contribution >= 4 is 5.97 Å². The van der Waals surface area contributed by atoms with Crippen LogP contribution >= 0.6 is 0 Å². The minimum absolute atomic E-state index is 0.391. The number of aliphatic carboxylic acids is 1. The van der Waals surface area contributed by atoms with Gasteiger partial charge in [0, 0.05) is 11.8 Å². The van der Waals surface area contributed by atoms with E-state index in [0.29, 0.717) is 12.0 Å². The normalized spacial score (nSPS) is 12.4. The molecule has 1 aromatic heterocycles. The van der Waals surface area contributed by atoms with Crippen LogP contribution in [0.5, 0.6) is 0 Å². The van der Waals surface area contributed by atoms with Gasteiger partial charge in [0.25, 0.3) is 5.56 Å². The highest BCUT2D eigenvalue weighted by Gasteiger charge is 2.15. The quantitative estimate of drug-likeness (QED) is 0.722. The van der Waals surface area contributed by atoms with Crippen molar-refractivity contribution in [1.82, 2.24) is 9.55 Å². The van der Waals surface area contributed by atoms with Crippen molar-refractivity contribution in [3.63, 3.8) is 0 Å². The molecule has 82 valence electrons. The fourth-order valence-corrected chi connectivity index (χ4v) is 1.19. The maximum Gasteiger partial charge on any atom is 0.329 e. The first kappa shape index (κ1) is 11.2. The summed E-state index contributed by atoms with van der Waals surface area (Å²) < 4.78 is 1.00. The first-order valence-electron chi connectivity index (χ1n) is 4.54. The van der Waals surface area contributed by atoms with Crippen LogP contribution in [-0.2, 0) is 11.2 Å². The van der Waals surface area contributed by atoms with Gasteiger partial charge in [-0.3, -0.25) is 14.3 Å². The van der Waals surface area contributed by atoms with E-state index in [1.54, 1.807) is 6.92 Å². The van der Waals surface area contributed by atoms with Crippen molar-refractivity contribution in [1.29, 1.82) is 0 Å². The minimum Gasteiger partial charge on any atom is -0.480 e. The second-order valence-corrected chi connectivity index (χ2v) is 3.19. The highest BCUT2D eigenvalue weighted by Crippen LogP contribution is 2.01. The summed E-state index contributed by atoms with van der Waals surface area (Å²) in [5, 5.41) is 8.74. The van der Waals surface area contributed by atoms with Crippen LogP contribution in [0.25, 0.3) is 0 Å². The number of carboxylic acid groups (broad SMARTS) is 1. The number of aromatic nitrogens is 2. The van der Waals surface area contributed by atoms with Gasteiger partial charge in [-0.1, -0.05) is 6.92 Å². The predicted octanol–water partition coefficient (Wildman–Crippen LogP) is -0.255. The van der Waals surface area contributed by atoms with Crippen LogP contribution in [0.3, 0.4) is 0 Å². The third-order valence-corrected chi connectivity index (χ3v) is 2.20. The third kappa shape index (κ3) is 2.15. The first-order chi connectivity index (χ1) is 6.97. The summed E-state index contributed by atoms with van der Waals surface area (Å²) in [6.45, 7) is 3.13. The lowest BCUT2D eigenvalue weighted by atomic mass is 10.2. The number of hydrogen-bond acceptors (Lipinski definition) is 3. The Kier molecular flexibility index (Phi) is 3.08. The molecule has 0 aliphatic carbocycles. The average Bonchev–Trinajstić information content (AvgIpc) is 2.17. The van der Waals surface area contributed by atoms with Crippen molar-refractivity contribution in [2.45, 2.75) is 26.3 Å². The standard InChI is InChI=1S/C9H12N2O4/c1-3-6-4-11(5(2)8(13)14)9(15)10-7(6)12/h4-5H,3H2,1-2H3,(H,13,14)(H,10,12,15)/t5-/m1/s1. The zero-order valence-corrected chi connectivity index (χ0v) is 8.48. The van der Waals surface area contributed by atoms with Crippen molar-refractivity contribution in [3.05, 3.63) is 32.6 Å². The van der Waals surface area contributed by atoms with Gasteiger partial charge in [0.1, 0.15) is 6.04 Å². The summed E-state index contributed by atoms with van der Waals surface area (Å²) in [5.74, 6) is -1.12. The van der Waals surface area contributed by atoms with Crippen LogP contribution in [-0.4, -0.2) is 20.6 Å². The van der Waals surface area contributed by atoms with E-state index in [4.69, 9.17) is 5.11 Å². The average molecular weight is 212 g/mol. The predicted molar refractivity (Wildman–Crippen MR) is 53.0 cm³/mol. The molecule has 1 atom stereocenters. The molecule has 1 aromatic rings. The second kappa shape index (κ2) is 4.12. The Labute approximate surface area is 85.2 Å². The SMILES string of the molecule is CCc1cn([C@H](C)C(=O)O)c(=O)[nH]c1=O. The Balaban J connectivity index is 3.37. The van der Waals surface area contributed by atoms with Gasteiger partial charge in [-0.25, -0.2) is 9.59 Å². The largest absolute Gasteiger partial charge is 0.480 e. The molecule has 15 heavy (non-hydrogen) atoms. The van der Waals surface area contributed by atoms with Gasteiger partial charge in [0.05, 0.1) is 0 Å². The Morgan fingerprint density at radius 1 is 1.60 bits per heavy atom. The molecule has 0 bridgehead atoms. The molecule has 0 unspecified atom stereocenters. The number of nitrogens with one attached hydrogen (secondary N) is 1. The number of carbonyl (C=O) groups is 1. The molecular weight excluding hydrogens is 200 g/mol. The van der Waals surface area contributed by atoms with Gasteiger partial charge in [0.2, 0.25) is 0 Å². The van der Waals surface area contributed by atoms with E-state index in [9.17, 15) is 14.4 Å². The smallest absolute Gasteiger partial charge is 0.329 e. The molecule has 0 spiro atoms. The summed E-state index contributed by atoms with van der Waals surface area (Å²) in [6.07, 6.45) is 1.74. The number of aryl methyl sites for hydroxylation is 1. The summed E-state index contributed by atoms with van der Waals surface area (Å²) in [7, 11) is 0. The van der Waals surface area contributed by atoms with Crippen LogP contribution in [0.1, 0.15) is 25.5 Å². The molecule has 1 rings (SSSR count). The molecule has 0 radical (unpaired) electrons. The third-order valence-electron chi connectivity index (χ3n) is 2.20. The van der Waals surface area contributed by atoms with Gasteiger partial charge in [-0.15, -0.1) is 0 Å². The number of nitrogens with zero attached hydrogens (tertiary/aromatic N) is 1. The van der Waals surface area contributed by atoms with E-state index < -0.39 is 23.3 Å². The number of H-pyrrole nitrogens is 1.